The number of hydrogen-bond donors (Lipinski definition) is 1. The summed E-state index contributed by atoms with van der Waals surface area (Å²) in [4.78, 5) is 4.17. The Labute approximate surface area is 95.1 Å². The molecule has 1 rings (SSSR count). The fraction of sp³-hybridized carbons (Fsp3) is 0.545. The maximum absolute atomic E-state index is 9.98. The van der Waals surface area contributed by atoms with Gasteiger partial charge in [-0.3, -0.25) is 0 Å². The van der Waals surface area contributed by atoms with Gasteiger partial charge in [0, 0.05) is 5.56 Å². The molecule has 3 nitrogen and oxygen atoms in total. The molecule has 0 amide bonds. The third-order valence-electron chi connectivity index (χ3n) is 2.21. The summed E-state index contributed by atoms with van der Waals surface area (Å²) < 4.78 is 5.27. The van der Waals surface area contributed by atoms with Crippen LogP contribution < -0.4 is 4.74 Å². The predicted octanol–water partition coefficient (Wildman–Crippen LogP) is 2.53. The van der Waals surface area contributed by atoms with E-state index >= 15 is 0 Å². The largest absolute Gasteiger partial charge is 0.494 e. The van der Waals surface area contributed by atoms with Crippen molar-refractivity contribution in [1.82, 2.24) is 4.98 Å². The van der Waals surface area contributed by atoms with E-state index in [-0.39, 0.29) is 0 Å². The van der Waals surface area contributed by atoms with Gasteiger partial charge in [0.1, 0.15) is 10.9 Å². The Bertz CT molecular complexity index is 358. The van der Waals surface area contributed by atoms with Crippen molar-refractivity contribution in [1.29, 1.82) is 0 Å². The zero-order chi connectivity index (χ0) is 11.6. The fourth-order valence-electron chi connectivity index (χ4n) is 1.47. The lowest BCUT2D eigenvalue weighted by Gasteiger charge is -2.22. The number of methoxy groups -OCH3 is 1. The van der Waals surface area contributed by atoms with Crippen LogP contribution in [0.4, 0.5) is 0 Å². The van der Waals surface area contributed by atoms with Crippen LogP contribution in [0, 0.1) is 0 Å². The molecule has 4 heteroatoms. The molecule has 1 aromatic rings. The van der Waals surface area contributed by atoms with Crippen LogP contribution in [0.15, 0.2) is 6.07 Å². The molecular weight excluding hydrogens is 214 g/mol. The molecule has 84 valence electrons. The molecule has 0 bridgehead atoms. The summed E-state index contributed by atoms with van der Waals surface area (Å²) >= 11 is 5.89. The molecule has 1 aromatic heterocycles. The topological polar surface area (TPSA) is 42.4 Å². The number of nitrogens with zero attached hydrogens (tertiary/aromatic N) is 1. The van der Waals surface area contributed by atoms with Gasteiger partial charge >= 0.3 is 0 Å². The normalized spacial score (nSPS) is 11.6. The molecule has 0 aliphatic rings. The maximum Gasteiger partial charge on any atom is 0.146 e. The van der Waals surface area contributed by atoms with E-state index in [0.717, 1.165) is 5.69 Å². The Hall–Kier alpha value is -0.800. The van der Waals surface area contributed by atoms with Crippen LogP contribution in [0.2, 0.25) is 5.15 Å². The number of halogens is 1. The molecule has 1 heterocycles. The highest BCUT2D eigenvalue weighted by molar-refractivity contribution is 6.29. The lowest BCUT2D eigenvalue weighted by molar-refractivity contribution is 0.0753. The van der Waals surface area contributed by atoms with Gasteiger partial charge in [-0.25, -0.2) is 4.98 Å². The quantitative estimate of drug-likeness (QED) is 0.810. The van der Waals surface area contributed by atoms with Crippen molar-refractivity contribution < 1.29 is 9.84 Å². The van der Waals surface area contributed by atoms with Gasteiger partial charge in [-0.1, -0.05) is 18.5 Å². The molecule has 1 N–H and O–H groups in total. The van der Waals surface area contributed by atoms with Gasteiger partial charge < -0.3 is 9.84 Å². The summed E-state index contributed by atoms with van der Waals surface area (Å²) in [5.74, 6) is 0.620. The van der Waals surface area contributed by atoms with Crippen LogP contribution in [0.5, 0.6) is 5.75 Å². The number of ether oxygens (including phenoxy) is 1. The zero-order valence-corrected chi connectivity index (χ0v) is 10.2. The molecule has 0 spiro atoms. The van der Waals surface area contributed by atoms with Crippen molar-refractivity contribution in [2.24, 2.45) is 0 Å². The summed E-state index contributed by atoms with van der Waals surface area (Å²) in [6, 6.07) is 1.64. The van der Waals surface area contributed by atoms with Crippen LogP contribution in [-0.2, 0) is 12.0 Å². The average molecular weight is 230 g/mol. The molecule has 15 heavy (non-hydrogen) atoms. The highest BCUT2D eigenvalue weighted by Crippen LogP contribution is 2.33. The van der Waals surface area contributed by atoms with Gasteiger partial charge in [0.2, 0.25) is 0 Å². The second-order valence-electron chi connectivity index (χ2n) is 3.89. The lowest BCUT2D eigenvalue weighted by atomic mass is 9.97. The Morgan fingerprint density at radius 2 is 2.13 bits per heavy atom. The minimum atomic E-state index is -0.984. The third-order valence-corrected chi connectivity index (χ3v) is 2.40. The molecule has 0 atom stereocenters. The highest BCUT2D eigenvalue weighted by Gasteiger charge is 2.24. The lowest BCUT2D eigenvalue weighted by Crippen LogP contribution is -2.18. The first-order chi connectivity index (χ1) is 6.90. The maximum atomic E-state index is 9.98. The summed E-state index contributed by atoms with van der Waals surface area (Å²) in [5.41, 5.74) is 0.450. The molecule has 0 radical (unpaired) electrons. The van der Waals surface area contributed by atoms with Crippen molar-refractivity contribution in [3.05, 3.63) is 22.5 Å². The summed E-state index contributed by atoms with van der Waals surface area (Å²) in [5, 5.41) is 10.4. The standard InChI is InChI=1S/C11H16ClNO2/c1-5-8-10(15-4)7(11(2,3)14)6-9(12)13-8/h6,14H,5H2,1-4H3. The number of hydrogen-bond acceptors (Lipinski definition) is 3. The van der Waals surface area contributed by atoms with Gasteiger partial charge in [0.25, 0.3) is 0 Å². The van der Waals surface area contributed by atoms with E-state index in [1.54, 1.807) is 27.0 Å². The van der Waals surface area contributed by atoms with E-state index in [9.17, 15) is 5.11 Å². The SMILES string of the molecule is CCc1nc(Cl)cc(C(C)(C)O)c1OC. The smallest absolute Gasteiger partial charge is 0.146 e. The van der Waals surface area contributed by atoms with E-state index < -0.39 is 5.60 Å². The Kier molecular flexibility index (Phi) is 3.58. The number of aliphatic hydroxyl groups is 1. The molecule has 0 saturated heterocycles. The van der Waals surface area contributed by atoms with Crippen molar-refractivity contribution in [2.75, 3.05) is 7.11 Å². The first-order valence-corrected chi connectivity index (χ1v) is 5.24. The molecule has 0 saturated carbocycles. The number of aryl methyl sites for hydroxylation is 1. The zero-order valence-electron chi connectivity index (χ0n) is 9.47. The molecule has 0 aliphatic heterocycles. The number of pyridine rings is 1. The van der Waals surface area contributed by atoms with Crippen LogP contribution in [0.3, 0.4) is 0 Å². The summed E-state index contributed by atoms with van der Waals surface area (Å²) in [6.07, 6.45) is 0.715. The van der Waals surface area contributed by atoms with Crippen molar-refractivity contribution in [2.45, 2.75) is 32.8 Å². The van der Waals surface area contributed by atoms with E-state index in [2.05, 4.69) is 4.98 Å². The van der Waals surface area contributed by atoms with Gasteiger partial charge in [0.15, 0.2) is 0 Å². The first-order valence-electron chi connectivity index (χ1n) is 4.86. The van der Waals surface area contributed by atoms with Crippen molar-refractivity contribution in [3.8, 4) is 5.75 Å². The Morgan fingerprint density at radius 1 is 1.53 bits per heavy atom. The molecule has 0 unspecified atom stereocenters. The second-order valence-corrected chi connectivity index (χ2v) is 4.27. The van der Waals surface area contributed by atoms with E-state index in [1.165, 1.54) is 0 Å². The van der Waals surface area contributed by atoms with E-state index in [1.807, 2.05) is 6.92 Å². The average Bonchev–Trinajstić information content (AvgIpc) is 2.15. The van der Waals surface area contributed by atoms with Crippen LogP contribution in [0.1, 0.15) is 32.0 Å². The predicted molar refractivity (Wildman–Crippen MR) is 60.4 cm³/mol. The molecule has 0 aromatic carbocycles. The minimum absolute atomic E-state index is 0.379. The van der Waals surface area contributed by atoms with Crippen molar-refractivity contribution in [3.63, 3.8) is 0 Å². The van der Waals surface area contributed by atoms with Crippen LogP contribution in [0.25, 0.3) is 0 Å². The van der Waals surface area contributed by atoms with Gasteiger partial charge in [0.05, 0.1) is 18.4 Å². The fourth-order valence-corrected chi connectivity index (χ4v) is 1.69. The minimum Gasteiger partial charge on any atom is -0.494 e. The Morgan fingerprint density at radius 3 is 2.53 bits per heavy atom. The molecular formula is C11H16ClNO2. The van der Waals surface area contributed by atoms with Crippen molar-refractivity contribution >= 4 is 11.6 Å². The summed E-state index contributed by atoms with van der Waals surface area (Å²) in [6.45, 7) is 5.36. The van der Waals surface area contributed by atoms with E-state index in [4.69, 9.17) is 16.3 Å². The van der Waals surface area contributed by atoms with E-state index in [0.29, 0.717) is 22.9 Å². The van der Waals surface area contributed by atoms with Gasteiger partial charge in [-0.05, 0) is 26.3 Å². The summed E-state index contributed by atoms with van der Waals surface area (Å²) in [7, 11) is 1.57. The number of rotatable bonds is 3. The van der Waals surface area contributed by atoms with Crippen LogP contribution >= 0.6 is 11.6 Å². The number of aromatic nitrogens is 1. The Balaban J connectivity index is 3.42. The molecule has 0 aliphatic carbocycles. The molecule has 0 fully saturated rings. The third kappa shape index (κ3) is 2.61. The van der Waals surface area contributed by atoms with Gasteiger partial charge in [-0.15, -0.1) is 0 Å². The van der Waals surface area contributed by atoms with Gasteiger partial charge in [-0.2, -0.15) is 0 Å². The monoisotopic (exact) mass is 229 g/mol. The highest BCUT2D eigenvalue weighted by atomic mass is 35.5. The van der Waals surface area contributed by atoms with Crippen LogP contribution in [-0.4, -0.2) is 17.2 Å². The first kappa shape index (κ1) is 12.3. The second kappa shape index (κ2) is 4.37.